The second-order valence-electron chi connectivity index (χ2n) is 5.87. The van der Waals surface area contributed by atoms with Gasteiger partial charge < -0.3 is 15.1 Å². The summed E-state index contributed by atoms with van der Waals surface area (Å²) in [5.41, 5.74) is 1.90. The SMILES string of the molecule is CCN(CC)CCNC(=O)Cc1ccc(N2CCCC2=O)cc1. The molecule has 1 aromatic carbocycles. The minimum Gasteiger partial charge on any atom is -0.355 e. The highest BCUT2D eigenvalue weighted by Gasteiger charge is 2.21. The van der Waals surface area contributed by atoms with E-state index in [0.717, 1.165) is 43.9 Å². The summed E-state index contributed by atoms with van der Waals surface area (Å²) in [6, 6.07) is 7.74. The first-order valence-electron chi connectivity index (χ1n) is 8.52. The topological polar surface area (TPSA) is 52.7 Å². The molecule has 1 saturated heterocycles. The quantitative estimate of drug-likeness (QED) is 0.795. The molecule has 1 heterocycles. The third-order valence-electron chi connectivity index (χ3n) is 4.33. The molecule has 1 aliphatic heterocycles. The first-order chi connectivity index (χ1) is 11.1. The van der Waals surface area contributed by atoms with Crippen LogP contribution in [0.3, 0.4) is 0 Å². The Morgan fingerprint density at radius 2 is 1.91 bits per heavy atom. The van der Waals surface area contributed by atoms with E-state index in [0.29, 0.717) is 19.4 Å². The molecule has 0 radical (unpaired) electrons. The second kappa shape index (κ2) is 8.67. The van der Waals surface area contributed by atoms with Crippen molar-refractivity contribution in [2.45, 2.75) is 33.1 Å². The lowest BCUT2D eigenvalue weighted by Gasteiger charge is -2.18. The van der Waals surface area contributed by atoms with Gasteiger partial charge in [-0.1, -0.05) is 26.0 Å². The van der Waals surface area contributed by atoms with Crippen LogP contribution >= 0.6 is 0 Å². The van der Waals surface area contributed by atoms with Crippen molar-refractivity contribution in [3.05, 3.63) is 29.8 Å². The maximum Gasteiger partial charge on any atom is 0.227 e. The third kappa shape index (κ3) is 5.06. The van der Waals surface area contributed by atoms with E-state index < -0.39 is 0 Å². The van der Waals surface area contributed by atoms with Crippen LogP contribution in [0.25, 0.3) is 0 Å². The average molecular weight is 317 g/mol. The summed E-state index contributed by atoms with van der Waals surface area (Å²) < 4.78 is 0. The van der Waals surface area contributed by atoms with Crippen LogP contribution in [-0.2, 0) is 16.0 Å². The molecule has 0 bridgehead atoms. The van der Waals surface area contributed by atoms with Gasteiger partial charge in [-0.25, -0.2) is 0 Å². The molecule has 0 spiro atoms. The Bertz CT molecular complexity index is 524. The Morgan fingerprint density at radius 1 is 1.22 bits per heavy atom. The molecule has 0 atom stereocenters. The van der Waals surface area contributed by atoms with Gasteiger partial charge in [0.1, 0.15) is 0 Å². The highest BCUT2D eigenvalue weighted by atomic mass is 16.2. The summed E-state index contributed by atoms with van der Waals surface area (Å²) in [7, 11) is 0. The van der Waals surface area contributed by atoms with E-state index in [4.69, 9.17) is 0 Å². The average Bonchev–Trinajstić information content (AvgIpc) is 2.98. The number of carbonyl (C=O) groups excluding carboxylic acids is 2. The normalized spacial score (nSPS) is 14.6. The fourth-order valence-electron chi connectivity index (χ4n) is 2.86. The van der Waals surface area contributed by atoms with Crippen LogP contribution in [0.15, 0.2) is 24.3 Å². The number of benzene rings is 1. The van der Waals surface area contributed by atoms with Crippen LogP contribution in [0.2, 0.25) is 0 Å². The molecule has 2 rings (SSSR count). The van der Waals surface area contributed by atoms with Gasteiger partial charge in [-0.15, -0.1) is 0 Å². The molecular weight excluding hydrogens is 290 g/mol. The first-order valence-corrected chi connectivity index (χ1v) is 8.52. The number of nitrogens with zero attached hydrogens (tertiary/aromatic N) is 2. The lowest BCUT2D eigenvalue weighted by atomic mass is 10.1. The number of carbonyl (C=O) groups is 2. The molecule has 0 saturated carbocycles. The Morgan fingerprint density at radius 3 is 2.48 bits per heavy atom. The van der Waals surface area contributed by atoms with Crippen LogP contribution in [0.1, 0.15) is 32.3 Å². The van der Waals surface area contributed by atoms with Crippen molar-refractivity contribution in [1.29, 1.82) is 0 Å². The predicted octanol–water partition coefficient (Wildman–Crippen LogP) is 1.81. The van der Waals surface area contributed by atoms with E-state index in [1.165, 1.54) is 0 Å². The zero-order valence-corrected chi connectivity index (χ0v) is 14.2. The molecule has 0 aromatic heterocycles. The standard InChI is InChI=1S/C18H27N3O2/c1-3-20(4-2)13-11-19-17(22)14-15-7-9-16(10-8-15)21-12-5-6-18(21)23/h7-10H,3-6,11-14H2,1-2H3,(H,19,22). The van der Waals surface area contributed by atoms with Gasteiger partial charge in [0.05, 0.1) is 6.42 Å². The predicted molar refractivity (Wildman–Crippen MR) is 92.5 cm³/mol. The largest absolute Gasteiger partial charge is 0.355 e. The Hall–Kier alpha value is -1.88. The maximum atomic E-state index is 12.0. The van der Waals surface area contributed by atoms with Crippen molar-refractivity contribution in [1.82, 2.24) is 10.2 Å². The van der Waals surface area contributed by atoms with Crippen molar-refractivity contribution in [2.75, 3.05) is 37.6 Å². The second-order valence-corrected chi connectivity index (χ2v) is 5.87. The molecule has 0 aliphatic carbocycles. The molecule has 23 heavy (non-hydrogen) atoms. The number of hydrogen-bond acceptors (Lipinski definition) is 3. The minimum atomic E-state index is 0.0437. The van der Waals surface area contributed by atoms with Gasteiger partial charge in [0.15, 0.2) is 0 Å². The van der Waals surface area contributed by atoms with E-state index in [1.54, 1.807) is 0 Å². The molecule has 126 valence electrons. The lowest BCUT2D eigenvalue weighted by molar-refractivity contribution is -0.120. The highest BCUT2D eigenvalue weighted by Crippen LogP contribution is 2.21. The van der Waals surface area contributed by atoms with E-state index in [-0.39, 0.29) is 11.8 Å². The number of anilines is 1. The number of nitrogens with one attached hydrogen (secondary N) is 1. The van der Waals surface area contributed by atoms with E-state index in [1.807, 2.05) is 29.2 Å². The van der Waals surface area contributed by atoms with Gasteiger partial charge in [0.25, 0.3) is 0 Å². The molecule has 0 unspecified atom stereocenters. The molecular formula is C18H27N3O2. The van der Waals surface area contributed by atoms with Crippen LogP contribution < -0.4 is 10.2 Å². The van der Waals surface area contributed by atoms with Gasteiger partial charge >= 0.3 is 0 Å². The Labute approximate surface area is 138 Å². The number of amides is 2. The number of rotatable bonds is 8. The number of hydrogen-bond donors (Lipinski definition) is 1. The molecule has 1 fully saturated rings. The van der Waals surface area contributed by atoms with Gasteiger partial charge in [0.2, 0.25) is 11.8 Å². The van der Waals surface area contributed by atoms with E-state index >= 15 is 0 Å². The van der Waals surface area contributed by atoms with Gasteiger partial charge in [0, 0.05) is 31.7 Å². The zero-order valence-electron chi connectivity index (χ0n) is 14.2. The Balaban J connectivity index is 1.79. The van der Waals surface area contributed by atoms with Crippen molar-refractivity contribution in [3.63, 3.8) is 0 Å². The lowest BCUT2D eigenvalue weighted by Crippen LogP contribution is -2.35. The van der Waals surface area contributed by atoms with E-state index in [9.17, 15) is 9.59 Å². The third-order valence-corrected chi connectivity index (χ3v) is 4.33. The van der Waals surface area contributed by atoms with Crippen LogP contribution in [0, 0.1) is 0 Å². The fraction of sp³-hybridized carbons (Fsp3) is 0.556. The zero-order chi connectivity index (χ0) is 16.7. The maximum absolute atomic E-state index is 12.0. The van der Waals surface area contributed by atoms with Gasteiger partial charge in [-0.3, -0.25) is 9.59 Å². The van der Waals surface area contributed by atoms with Crippen molar-refractivity contribution in [2.24, 2.45) is 0 Å². The van der Waals surface area contributed by atoms with Crippen LogP contribution in [-0.4, -0.2) is 49.4 Å². The molecule has 1 N–H and O–H groups in total. The summed E-state index contributed by atoms with van der Waals surface area (Å²) in [6.07, 6.45) is 1.94. The summed E-state index contributed by atoms with van der Waals surface area (Å²) >= 11 is 0. The van der Waals surface area contributed by atoms with Crippen LogP contribution in [0.4, 0.5) is 5.69 Å². The molecule has 5 nitrogen and oxygen atoms in total. The monoisotopic (exact) mass is 317 g/mol. The summed E-state index contributed by atoms with van der Waals surface area (Å²) in [4.78, 5) is 27.8. The van der Waals surface area contributed by atoms with Gasteiger partial charge in [-0.2, -0.15) is 0 Å². The molecule has 1 aromatic rings. The number of likely N-dealkylation sites (N-methyl/N-ethyl adjacent to an activating group) is 1. The van der Waals surface area contributed by atoms with Crippen molar-refractivity contribution in [3.8, 4) is 0 Å². The first kappa shape index (κ1) is 17.5. The molecule has 2 amide bonds. The molecule has 1 aliphatic rings. The summed E-state index contributed by atoms with van der Waals surface area (Å²) in [5, 5.41) is 2.96. The Kier molecular flexibility index (Phi) is 6.59. The smallest absolute Gasteiger partial charge is 0.227 e. The summed E-state index contributed by atoms with van der Waals surface area (Å²) in [6.45, 7) is 8.61. The van der Waals surface area contributed by atoms with Crippen LogP contribution in [0.5, 0.6) is 0 Å². The van der Waals surface area contributed by atoms with Crippen molar-refractivity contribution >= 4 is 17.5 Å². The van der Waals surface area contributed by atoms with E-state index in [2.05, 4.69) is 24.1 Å². The minimum absolute atomic E-state index is 0.0437. The fourth-order valence-corrected chi connectivity index (χ4v) is 2.86. The van der Waals surface area contributed by atoms with Gasteiger partial charge in [-0.05, 0) is 37.2 Å². The highest BCUT2D eigenvalue weighted by molar-refractivity contribution is 5.95. The molecule has 5 heteroatoms. The summed E-state index contributed by atoms with van der Waals surface area (Å²) in [5.74, 6) is 0.231. The van der Waals surface area contributed by atoms with Crippen molar-refractivity contribution < 1.29 is 9.59 Å².